The van der Waals surface area contributed by atoms with Crippen molar-refractivity contribution in [3.8, 4) is 0 Å². The topological polar surface area (TPSA) is 66.5 Å². The summed E-state index contributed by atoms with van der Waals surface area (Å²) in [7, 11) is -3.72. The van der Waals surface area contributed by atoms with Gasteiger partial charge in [0.05, 0.1) is 4.90 Å². The zero-order valence-corrected chi connectivity index (χ0v) is 14.6. The summed E-state index contributed by atoms with van der Waals surface area (Å²) in [5.41, 5.74) is 1.96. The number of sulfonamides is 1. The van der Waals surface area contributed by atoms with Crippen LogP contribution in [0.3, 0.4) is 0 Å². The van der Waals surface area contributed by atoms with Crippen LogP contribution in [-0.4, -0.2) is 20.9 Å². The molecule has 0 saturated carbocycles. The Hall–Kier alpha value is -2.25. The van der Waals surface area contributed by atoms with Gasteiger partial charge in [0.2, 0.25) is 15.9 Å². The van der Waals surface area contributed by atoms with Gasteiger partial charge in [0.1, 0.15) is 5.82 Å². The minimum atomic E-state index is -3.72. The van der Waals surface area contributed by atoms with Crippen LogP contribution in [0.1, 0.15) is 24.0 Å². The lowest BCUT2D eigenvalue weighted by atomic mass is 10.2. The number of halogens is 1. The summed E-state index contributed by atoms with van der Waals surface area (Å²) in [6.07, 6.45) is 1.43. The Labute approximate surface area is 146 Å². The van der Waals surface area contributed by atoms with Crippen molar-refractivity contribution >= 4 is 21.6 Å². The summed E-state index contributed by atoms with van der Waals surface area (Å²) >= 11 is 0. The number of anilines is 1. The van der Waals surface area contributed by atoms with Gasteiger partial charge in [0.25, 0.3) is 0 Å². The predicted octanol–water partition coefficient (Wildman–Crippen LogP) is 2.74. The van der Waals surface area contributed by atoms with Crippen LogP contribution in [0, 0.1) is 12.7 Å². The predicted molar refractivity (Wildman–Crippen MR) is 93.2 cm³/mol. The van der Waals surface area contributed by atoms with Gasteiger partial charge in [-0.25, -0.2) is 17.5 Å². The number of rotatable bonds is 5. The zero-order valence-electron chi connectivity index (χ0n) is 13.8. The number of aryl methyl sites for hydroxylation is 1. The van der Waals surface area contributed by atoms with Crippen molar-refractivity contribution in [1.82, 2.24) is 4.72 Å². The molecule has 7 heteroatoms. The van der Waals surface area contributed by atoms with Crippen molar-refractivity contribution in [3.63, 3.8) is 0 Å². The molecule has 132 valence electrons. The van der Waals surface area contributed by atoms with E-state index in [0.717, 1.165) is 23.7 Å². The molecule has 0 aromatic heterocycles. The molecule has 0 atom stereocenters. The fourth-order valence-electron chi connectivity index (χ4n) is 2.89. The van der Waals surface area contributed by atoms with E-state index in [-0.39, 0.29) is 17.3 Å². The Morgan fingerprint density at radius 3 is 2.48 bits per heavy atom. The van der Waals surface area contributed by atoms with Crippen LogP contribution in [0.4, 0.5) is 10.1 Å². The van der Waals surface area contributed by atoms with Crippen LogP contribution in [0.2, 0.25) is 0 Å². The molecule has 3 rings (SSSR count). The normalized spacial score (nSPS) is 15.0. The van der Waals surface area contributed by atoms with Gasteiger partial charge in [-0.1, -0.05) is 12.1 Å². The Bertz CT molecular complexity index is 895. The van der Waals surface area contributed by atoms with Gasteiger partial charge in [-0.3, -0.25) is 4.79 Å². The average Bonchev–Trinajstić information content (AvgIpc) is 2.99. The average molecular weight is 362 g/mol. The van der Waals surface area contributed by atoms with E-state index in [4.69, 9.17) is 0 Å². The van der Waals surface area contributed by atoms with Crippen LogP contribution < -0.4 is 9.62 Å². The molecule has 25 heavy (non-hydrogen) atoms. The Balaban J connectivity index is 1.69. The van der Waals surface area contributed by atoms with Crippen LogP contribution in [0.15, 0.2) is 47.4 Å². The molecule has 0 bridgehead atoms. The minimum absolute atomic E-state index is 0.0631. The quantitative estimate of drug-likeness (QED) is 0.889. The van der Waals surface area contributed by atoms with Crippen LogP contribution in [0.25, 0.3) is 0 Å². The van der Waals surface area contributed by atoms with Gasteiger partial charge in [-0.2, -0.15) is 0 Å². The number of nitrogens with one attached hydrogen (secondary N) is 1. The summed E-state index contributed by atoms with van der Waals surface area (Å²) in [6.45, 7) is 2.39. The van der Waals surface area contributed by atoms with Gasteiger partial charge in [-0.15, -0.1) is 0 Å². The lowest BCUT2D eigenvalue weighted by Gasteiger charge is -2.16. The summed E-state index contributed by atoms with van der Waals surface area (Å²) in [6, 6.07) is 10.8. The highest BCUT2D eigenvalue weighted by Gasteiger charge is 2.21. The fraction of sp³-hybridized carbons (Fsp3) is 0.278. The fourth-order valence-corrected chi connectivity index (χ4v) is 4.13. The molecule has 0 spiro atoms. The molecule has 0 radical (unpaired) electrons. The lowest BCUT2D eigenvalue weighted by Crippen LogP contribution is -2.25. The Morgan fingerprint density at radius 1 is 1.16 bits per heavy atom. The maximum Gasteiger partial charge on any atom is 0.241 e. The molecule has 2 aromatic carbocycles. The van der Waals surface area contributed by atoms with Crippen molar-refractivity contribution in [2.75, 3.05) is 11.4 Å². The standard InChI is InChI=1S/C18H19FN2O3S/c1-13-11-15(19)6-9-17(13)25(23,24)20-12-14-4-7-16(8-5-14)21-10-2-3-18(21)22/h4-9,11,20H,2-3,10,12H2,1H3. The van der Waals surface area contributed by atoms with Crippen LogP contribution >= 0.6 is 0 Å². The molecular formula is C18H19FN2O3S. The van der Waals surface area contributed by atoms with E-state index in [0.29, 0.717) is 18.5 Å². The first-order chi connectivity index (χ1) is 11.9. The second-order valence-electron chi connectivity index (χ2n) is 6.05. The lowest BCUT2D eigenvalue weighted by molar-refractivity contribution is -0.117. The Kier molecular flexibility index (Phi) is 4.87. The van der Waals surface area contributed by atoms with E-state index >= 15 is 0 Å². The molecule has 5 nitrogen and oxygen atoms in total. The third-order valence-corrected chi connectivity index (χ3v) is 5.78. The second kappa shape index (κ2) is 6.93. The monoisotopic (exact) mass is 362 g/mol. The molecule has 0 aliphatic carbocycles. The molecule has 1 aliphatic heterocycles. The van der Waals surface area contributed by atoms with E-state index < -0.39 is 15.8 Å². The number of hydrogen-bond acceptors (Lipinski definition) is 3. The molecule has 1 saturated heterocycles. The highest BCUT2D eigenvalue weighted by molar-refractivity contribution is 7.89. The van der Waals surface area contributed by atoms with Gasteiger partial charge >= 0.3 is 0 Å². The number of amides is 1. The molecule has 1 heterocycles. The summed E-state index contributed by atoms with van der Waals surface area (Å²) in [5.74, 6) is -0.358. The van der Waals surface area contributed by atoms with Crippen molar-refractivity contribution in [2.45, 2.75) is 31.2 Å². The number of nitrogens with zero attached hydrogens (tertiary/aromatic N) is 1. The number of carbonyl (C=O) groups is 1. The third kappa shape index (κ3) is 3.88. The largest absolute Gasteiger partial charge is 0.312 e. The molecule has 0 unspecified atom stereocenters. The first kappa shape index (κ1) is 17.6. The maximum absolute atomic E-state index is 13.1. The molecule has 2 aromatic rings. The summed E-state index contributed by atoms with van der Waals surface area (Å²) in [5, 5.41) is 0. The maximum atomic E-state index is 13.1. The van der Waals surface area contributed by atoms with Crippen molar-refractivity contribution in [2.24, 2.45) is 0 Å². The minimum Gasteiger partial charge on any atom is -0.312 e. The van der Waals surface area contributed by atoms with E-state index in [9.17, 15) is 17.6 Å². The first-order valence-electron chi connectivity index (χ1n) is 8.02. The second-order valence-corrected chi connectivity index (χ2v) is 7.79. The molecule has 1 amide bonds. The molecule has 1 aliphatic rings. The molecular weight excluding hydrogens is 343 g/mol. The summed E-state index contributed by atoms with van der Waals surface area (Å²) < 4.78 is 40.4. The van der Waals surface area contributed by atoms with Crippen molar-refractivity contribution in [1.29, 1.82) is 0 Å². The smallest absolute Gasteiger partial charge is 0.241 e. The SMILES string of the molecule is Cc1cc(F)ccc1S(=O)(=O)NCc1ccc(N2CCCC2=O)cc1. The molecule has 1 N–H and O–H groups in total. The van der Waals surface area contributed by atoms with E-state index in [1.54, 1.807) is 24.0 Å². The highest BCUT2D eigenvalue weighted by Crippen LogP contribution is 2.22. The Morgan fingerprint density at radius 2 is 1.88 bits per heavy atom. The van der Waals surface area contributed by atoms with Gasteiger partial charge < -0.3 is 4.90 Å². The number of benzene rings is 2. The first-order valence-corrected chi connectivity index (χ1v) is 9.50. The van der Waals surface area contributed by atoms with E-state index in [2.05, 4.69) is 4.72 Å². The number of carbonyl (C=O) groups excluding carboxylic acids is 1. The van der Waals surface area contributed by atoms with E-state index in [1.807, 2.05) is 12.1 Å². The molecule has 1 fully saturated rings. The van der Waals surface area contributed by atoms with Gasteiger partial charge in [0.15, 0.2) is 0 Å². The zero-order chi connectivity index (χ0) is 18.0. The third-order valence-electron chi connectivity index (χ3n) is 4.21. The highest BCUT2D eigenvalue weighted by atomic mass is 32.2. The van der Waals surface area contributed by atoms with Crippen LogP contribution in [-0.2, 0) is 21.4 Å². The van der Waals surface area contributed by atoms with Gasteiger partial charge in [-0.05, 0) is 54.8 Å². The van der Waals surface area contributed by atoms with Crippen LogP contribution in [0.5, 0.6) is 0 Å². The van der Waals surface area contributed by atoms with Gasteiger partial charge in [0, 0.05) is 25.2 Å². The number of hydrogen-bond donors (Lipinski definition) is 1. The van der Waals surface area contributed by atoms with E-state index in [1.165, 1.54) is 12.1 Å². The van der Waals surface area contributed by atoms with Crippen molar-refractivity contribution in [3.05, 3.63) is 59.4 Å². The summed E-state index contributed by atoms with van der Waals surface area (Å²) in [4.78, 5) is 13.5. The van der Waals surface area contributed by atoms with Crippen molar-refractivity contribution < 1.29 is 17.6 Å².